The largest absolute Gasteiger partial charge is 0.436 e. The van der Waals surface area contributed by atoms with Gasteiger partial charge in [0.05, 0.1) is 0 Å². The van der Waals surface area contributed by atoms with E-state index in [4.69, 9.17) is 4.74 Å². The summed E-state index contributed by atoms with van der Waals surface area (Å²) in [5, 5.41) is 7.33. The molecule has 8 nitrogen and oxygen atoms in total. The van der Waals surface area contributed by atoms with Crippen molar-refractivity contribution in [3.8, 4) is 0 Å². The molecule has 0 unspecified atom stereocenters. The molecule has 8 heteroatoms. The molecular weight excluding hydrogens is 406 g/mol. The predicted octanol–water partition coefficient (Wildman–Crippen LogP) is 3.31. The number of allylic oxidation sites excluding steroid dienone is 1. The molecule has 0 atom stereocenters. The molecule has 1 aliphatic rings. The van der Waals surface area contributed by atoms with Crippen LogP contribution >= 0.6 is 0 Å². The van der Waals surface area contributed by atoms with Gasteiger partial charge in [0.1, 0.15) is 11.2 Å². The maximum absolute atomic E-state index is 12.7. The van der Waals surface area contributed by atoms with E-state index in [1.807, 2.05) is 51.4 Å². The smallest absolute Gasteiger partial charge is 0.236 e. The summed E-state index contributed by atoms with van der Waals surface area (Å²) in [7, 11) is 4.05. The molecule has 0 spiro atoms. The van der Waals surface area contributed by atoms with Crippen molar-refractivity contribution in [2.45, 2.75) is 6.92 Å². The summed E-state index contributed by atoms with van der Waals surface area (Å²) < 4.78 is 5.77. The van der Waals surface area contributed by atoms with Crippen molar-refractivity contribution in [3.63, 3.8) is 0 Å². The molecule has 0 fully saturated rings. The average Bonchev–Trinajstić information content (AvgIpc) is 3.30. The predicted molar refractivity (Wildman–Crippen MR) is 125 cm³/mol. The number of ether oxygens (including phenoxy) is 1. The third-order valence-corrected chi connectivity index (χ3v) is 5.18. The van der Waals surface area contributed by atoms with Crippen LogP contribution in [0.4, 0.5) is 11.4 Å². The van der Waals surface area contributed by atoms with Crippen LogP contribution in [-0.4, -0.2) is 54.1 Å². The van der Waals surface area contributed by atoms with Crippen LogP contribution in [0.15, 0.2) is 59.9 Å². The van der Waals surface area contributed by atoms with Crippen molar-refractivity contribution in [3.05, 3.63) is 71.1 Å². The Morgan fingerprint density at radius 1 is 1.25 bits per heavy atom. The molecule has 0 saturated heterocycles. The van der Waals surface area contributed by atoms with Crippen molar-refractivity contribution in [1.29, 1.82) is 0 Å². The highest BCUT2D eigenvalue weighted by Gasteiger charge is 2.31. The van der Waals surface area contributed by atoms with Gasteiger partial charge in [-0.05, 0) is 63.0 Å². The van der Waals surface area contributed by atoms with E-state index in [1.54, 1.807) is 18.5 Å². The zero-order chi connectivity index (χ0) is 22.7. The number of anilines is 2. The third-order valence-electron chi connectivity index (χ3n) is 5.18. The first-order valence-corrected chi connectivity index (χ1v) is 10.3. The fourth-order valence-electron chi connectivity index (χ4n) is 3.44. The van der Waals surface area contributed by atoms with Gasteiger partial charge in [0, 0.05) is 47.8 Å². The average molecular weight is 431 g/mol. The van der Waals surface area contributed by atoms with E-state index in [9.17, 15) is 9.59 Å². The Labute approximate surface area is 186 Å². The number of carbonyl (C=O) groups is 2. The minimum absolute atomic E-state index is 0.0400. The first-order chi connectivity index (χ1) is 15.5. The van der Waals surface area contributed by atoms with Crippen molar-refractivity contribution in [2.75, 3.05) is 37.8 Å². The number of nitrogens with zero attached hydrogens (tertiary/aromatic N) is 2. The first-order valence-electron chi connectivity index (χ1n) is 10.3. The number of hydrogen-bond acceptors (Lipinski definition) is 7. The number of rotatable bonds is 8. The van der Waals surface area contributed by atoms with Gasteiger partial charge < -0.3 is 25.3 Å². The number of pyridine rings is 1. The number of aromatic nitrogens is 2. The molecule has 4 rings (SSSR count). The number of ketones is 1. The quantitative estimate of drug-likeness (QED) is 0.286. The second kappa shape index (κ2) is 9.07. The lowest BCUT2D eigenvalue weighted by Crippen LogP contribution is -2.20. The van der Waals surface area contributed by atoms with Gasteiger partial charge in [-0.15, -0.1) is 0 Å². The molecular formula is C24H25N5O3. The summed E-state index contributed by atoms with van der Waals surface area (Å²) >= 11 is 0. The van der Waals surface area contributed by atoms with Crippen LogP contribution in [0, 0.1) is 6.92 Å². The zero-order valence-electron chi connectivity index (χ0n) is 18.2. The Morgan fingerprint density at radius 3 is 2.84 bits per heavy atom. The fraction of sp³-hybridized carbons (Fsp3) is 0.208. The lowest BCUT2D eigenvalue weighted by Gasteiger charge is -2.14. The fourth-order valence-corrected chi connectivity index (χ4v) is 3.44. The van der Waals surface area contributed by atoms with Crippen molar-refractivity contribution < 1.29 is 14.3 Å². The van der Waals surface area contributed by atoms with E-state index in [0.29, 0.717) is 11.9 Å². The highest BCUT2D eigenvalue weighted by atomic mass is 16.5. The number of fused-ring (bicyclic) bond motifs is 1. The summed E-state index contributed by atoms with van der Waals surface area (Å²) in [4.78, 5) is 33.8. The zero-order valence-corrected chi connectivity index (χ0v) is 18.2. The third kappa shape index (κ3) is 4.40. The molecule has 0 radical (unpaired) electrons. The normalized spacial score (nSPS) is 15.0. The number of Topliss-reactive ketones (excluding diaryl/α,β-unsaturated/α-hetero) is 1. The lowest BCUT2D eigenvalue weighted by atomic mass is 10.1. The molecule has 0 saturated carbocycles. The Kier molecular flexibility index (Phi) is 6.04. The minimum atomic E-state index is -0.458. The van der Waals surface area contributed by atoms with Crippen LogP contribution in [0.3, 0.4) is 0 Å². The molecule has 0 bridgehead atoms. The number of benzene rings is 1. The van der Waals surface area contributed by atoms with Gasteiger partial charge >= 0.3 is 0 Å². The number of aryl methyl sites for hydroxylation is 1. The topological polar surface area (TPSA) is 99.3 Å². The van der Waals surface area contributed by atoms with Gasteiger partial charge in [0.25, 0.3) is 0 Å². The Balaban J connectivity index is 1.53. The molecule has 3 N–H and O–H groups in total. The highest BCUT2D eigenvalue weighted by molar-refractivity contribution is 6.23. The van der Waals surface area contributed by atoms with Crippen LogP contribution in [0.25, 0.3) is 17.1 Å². The minimum Gasteiger partial charge on any atom is -0.436 e. The van der Waals surface area contributed by atoms with Crippen LogP contribution in [0.2, 0.25) is 0 Å². The van der Waals surface area contributed by atoms with Gasteiger partial charge in [-0.25, -0.2) is 4.98 Å². The summed E-state index contributed by atoms with van der Waals surface area (Å²) in [6.07, 6.45) is 5.58. The van der Waals surface area contributed by atoms with E-state index < -0.39 is 5.78 Å². The molecule has 2 aromatic heterocycles. The molecule has 0 amide bonds. The highest BCUT2D eigenvalue weighted by Crippen LogP contribution is 2.30. The molecule has 3 heterocycles. The van der Waals surface area contributed by atoms with E-state index in [2.05, 4.69) is 25.5 Å². The van der Waals surface area contributed by atoms with Gasteiger partial charge in [-0.3, -0.25) is 9.59 Å². The molecule has 1 aliphatic heterocycles. The SMILES string of the molecule is Cc1cc(NCCN(C)C)ccc1NC1=C(C=O)C(=O)/C(=C/c2c[nH]c3ncccc23)O1. The van der Waals surface area contributed by atoms with E-state index in [1.165, 1.54) is 0 Å². The molecule has 32 heavy (non-hydrogen) atoms. The van der Waals surface area contributed by atoms with Crippen molar-refractivity contribution in [2.24, 2.45) is 0 Å². The number of aldehydes is 1. The molecule has 0 aliphatic carbocycles. The summed E-state index contributed by atoms with van der Waals surface area (Å²) in [5.41, 5.74) is 4.13. The lowest BCUT2D eigenvalue weighted by molar-refractivity contribution is -0.115. The first kappa shape index (κ1) is 21.3. The second-order valence-corrected chi connectivity index (χ2v) is 7.83. The standard InChI is InChI=1S/C24H25N5O3/c1-15-11-17(25-9-10-29(2)3)6-7-20(15)28-24-19(14-30)22(31)21(32-24)12-16-13-27-23-18(16)5-4-8-26-23/h4-8,11-14,25,28H,9-10H2,1-3H3,(H,26,27)/b21-12-. The van der Waals surface area contributed by atoms with Gasteiger partial charge in [0.15, 0.2) is 12.0 Å². The van der Waals surface area contributed by atoms with Crippen LogP contribution < -0.4 is 10.6 Å². The Bertz CT molecular complexity index is 1240. The van der Waals surface area contributed by atoms with E-state index >= 15 is 0 Å². The van der Waals surface area contributed by atoms with E-state index in [-0.39, 0.29) is 17.2 Å². The van der Waals surface area contributed by atoms with E-state index in [0.717, 1.165) is 41.0 Å². The maximum Gasteiger partial charge on any atom is 0.236 e. The van der Waals surface area contributed by atoms with Gasteiger partial charge in [0.2, 0.25) is 11.7 Å². The van der Waals surface area contributed by atoms with Crippen molar-refractivity contribution >= 4 is 40.6 Å². The Hall–Kier alpha value is -3.91. The molecule has 1 aromatic carbocycles. The summed E-state index contributed by atoms with van der Waals surface area (Å²) in [6, 6.07) is 9.56. The molecule has 164 valence electrons. The summed E-state index contributed by atoms with van der Waals surface area (Å²) in [5.74, 6) is -0.245. The van der Waals surface area contributed by atoms with Crippen LogP contribution in [0.5, 0.6) is 0 Å². The van der Waals surface area contributed by atoms with Crippen LogP contribution in [0.1, 0.15) is 11.1 Å². The number of carbonyl (C=O) groups excluding carboxylic acids is 2. The summed E-state index contributed by atoms with van der Waals surface area (Å²) in [6.45, 7) is 3.70. The van der Waals surface area contributed by atoms with Crippen LogP contribution in [-0.2, 0) is 14.3 Å². The molecule has 3 aromatic rings. The monoisotopic (exact) mass is 431 g/mol. The number of nitrogens with one attached hydrogen (secondary N) is 3. The van der Waals surface area contributed by atoms with Gasteiger partial charge in [-0.2, -0.15) is 0 Å². The maximum atomic E-state index is 12.7. The number of likely N-dealkylation sites (N-methyl/N-ethyl adjacent to an activating group) is 1. The van der Waals surface area contributed by atoms with Crippen molar-refractivity contribution in [1.82, 2.24) is 14.9 Å². The van der Waals surface area contributed by atoms with Gasteiger partial charge in [-0.1, -0.05) is 0 Å². The number of hydrogen-bond donors (Lipinski definition) is 3. The Morgan fingerprint density at radius 2 is 2.09 bits per heavy atom. The number of aromatic amines is 1. The second-order valence-electron chi connectivity index (χ2n) is 7.83. The number of H-pyrrole nitrogens is 1.